The zero-order valence-electron chi connectivity index (χ0n) is 18.3. The topological polar surface area (TPSA) is 63.9 Å². The molecule has 1 aromatic carbocycles. The first-order valence-corrected chi connectivity index (χ1v) is 11.6. The van der Waals surface area contributed by atoms with Gasteiger partial charge in [-0.25, -0.2) is 0 Å². The molecule has 0 aliphatic carbocycles. The number of carbonyl (C=O) groups excluding carboxylic acids is 1. The van der Waals surface area contributed by atoms with Crippen molar-refractivity contribution in [3.05, 3.63) is 54.4 Å². The number of benzene rings is 1. The Morgan fingerprint density at radius 1 is 1.12 bits per heavy atom. The van der Waals surface area contributed by atoms with E-state index in [2.05, 4.69) is 29.0 Å². The lowest BCUT2D eigenvalue weighted by molar-refractivity contribution is -0.137. The first kappa shape index (κ1) is 23.3. The molecule has 174 valence electrons. The van der Waals surface area contributed by atoms with Crippen molar-refractivity contribution in [1.82, 2.24) is 24.6 Å². The molecule has 0 saturated carbocycles. The number of carbonyl (C=O) groups is 1. The third-order valence-corrected chi connectivity index (χ3v) is 6.44. The number of amides is 1. The number of thioether (sulfide) groups is 1. The van der Waals surface area contributed by atoms with E-state index in [-0.39, 0.29) is 17.3 Å². The summed E-state index contributed by atoms with van der Waals surface area (Å²) in [5, 5.41) is 8.77. The molecule has 0 spiro atoms. The quantitative estimate of drug-likeness (QED) is 0.489. The van der Waals surface area contributed by atoms with Crippen molar-refractivity contribution in [2.75, 3.05) is 18.8 Å². The molecule has 33 heavy (non-hydrogen) atoms. The Morgan fingerprint density at radius 3 is 2.55 bits per heavy atom. The van der Waals surface area contributed by atoms with E-state index in [9.17, 15) is 18.0 Å². The fourth-order valence-corrected chi connectivity index (χ4v) is 5.04. The molecule has 6 nitrogen and oxygen atoms in total. The predicted octanol–water partition coefficient (Wildman–Crippen LogP) is 4.94. The van der Waals surface area contributed by atoms with Crippen LogP contribution in [-0.2, 0) is 11.0 Å². The van der Waals surface area contributed by atoms with E-state index in [0.29, 0.717) is 41.5 Å². The number of piperidine rings is 1. The van der Waals surface area contributed by atoms with E-state index in [1.54, 1.807) is 35.2 Å². The summed E-state index contributed by atoms with van der Waals surface area (Å²) >= 11 is 1.17. The Kier molecular flexibility index (Phi) is 6.73. The standard InChI is InChI=1S/C23H24F3N5OS/c1-15-9-16(2)13-30(12-15)20(32)14-33-22-29-28-21(17-5-4-8-27-11-17)31(22)19-7-3-6-18(10-19)23(24,25)26/h3-8,10-11,15-16H,9,12-14H2,1-2H3/t15-,16-/m1/s1. The molecule has 1 saturated heterocycles. The van der Waals surface area contributed by atoms with Gasteiger partial charge in [0.25, 0.3) is 0 Å². The molecule has 0 N–H and O–H groups in total. The van der Waals surface area contributed by atoms with Gasteiger partial charge in [-0.2, -0.15) is 13.2 Å². The highest BCUT2D eigenvalue weighted by atomic mass is 32.2. The summed E-state index contributed by atoms with van der Waals surface area (Å²) in [4.78, 5) is 18.8. The molecule has 1 amide bonds. The Morgan fingerprint density at radius 2 is 1.88 bits per heavy atom. The van der Waals surface area contributed by atoms with Crippen LogP contribution in [0.1, 0.15) is 25.8 Å². The molecule has 1 aliphatic rings. The lowest BCUT2D eigenvalue weighted by Gasteiger charge is -2.34. The van der Waals surface area contributed by atoms with Crippen molar-refractivity contribution in [2.24, 2.45) is 11.8 Å². The second-order valence-electron chi connectivity index (χ2n) is 8.46. The summed E-state index contributed by atoms with van der Waals surface area (Å²) in [6, 6.07) is 8.47. The van der Waals surface area contributed by atoms with E-state index in [1.165, 1.54) is 17.8 Å². The molecule has 2 aromatic heterocycles. The average Bonchev–Trinajstić information content (AvgIpc) is 3.21. The van der Waals surface area contributed by atoms with Gasteiger partial charge in [0.2, 0.25) is 5.91 Å². The third-order valence-electron chi connectivity index (χ3n) is 5.53. The molecule has 4 rings (SSSR count). The minimum absolute atomic E-state index is 0.0140. The molecule has 1 aliphatic heterocycles. The maximum absolute atomic E-state index is 13.4. The minimum atomic E-state index is -4.48. The van der Waals surface area contributed by atoms with Crippen LogP contribution in [0, 0.1) is 11.8 Å². The van der Waals surface area contributed by atoms with E-state index in [0.717, 1.165) is 18.6 Å². The van der Waals surface area contributed by atoms with Crippen molar-refractivity contribution in [3.8, 4) is 17.1 Å². The number of aromatic nitrogens is 4. The van der Waals surface area contributed by atoms with Crippen molar-refractivity contribution >= 4 is 17.7 Å². The highest BCUT2D eigenvalue weighted by Crippen LogP contribution is 2.33. The minimum Gasteiger partial charge on any atom is -0.341 e. The summed E-state index contributed by atoms with van der Waals surface area (Å²) in [7, 11) is 0. The summed E-state index contributed by atoms with van der Waals surface area (Å²) in [6.45, 7) is 5.69. The first-order chi connectivity index (χ1) is 15.7. The van der Waals surface area contributed by atoms with E-state index in [1.807, 2.05) is 4.90 Å². The third kappa shape index (κ3) is 5.38. The summed E-state index contributed by atoms with van der Waals surface area (Å²) in [5.74, 6) is 1.35. The van der Waals surface area contributed by atoms with Crippen LogP contribution in [0.25, 0.3) is 17.1 Å². The highest BCUT2D eigenvalue weighted by molar-refractivity contribution is 7.99. The monoisotopic (exact) mass is 475 g/mol. The summed E-state index contributed by atoms with van der Waals surface area (Å²) in [5.41, 5.74) is 0.109. The Balaban J connectivity index is 1.65. The van der Waals surface area contributed by atoms with Crippen molar-refractivity contribution < 1.29 is 18.0 Å². The van der Waals surface area contributed by atoms with E-state index < -0.39 is 11.7 Å². The van der Waals surface area contributed by atoms with Crippen LogP contribution >= 0.6 is 11.8 Å². The number of halogens is 3. The van der Waals surface area contributed by atoms with E-state index in [4.69, 9.17) is 0 Å². The van der Waals surface area contributed by atoms with Gasteiger partial charge in [-0.1, -0.05) is 31.7 Å². The SMILES string of the molecule is C[C@@H]1C[C@@H](C)CN(C(=O)CSc2nnc(-c3cccnc3)n2-c2cccc(C(F)(F)F)c2)C1. The number of hydrogen-bond acceptors (Lipinski definition) is 5. The number of alkyl halides is 3. The van der Waals surface area contributed by atoms with Crippen LogP contribution in [0.5, 0.6) is 0 Å². The number of pyridine rings is 1. The summed E-state index contributed by atoms with van der Waals surface area (Å²) < 4.78 is 41.6. The van der Waals surface area contributed by atoms with Crippen LogP contribution in [0.4, 0.5) is 13.2 Å². The lowest BCUT2D eigenvalue weighted by atomic mass is 9.92. The smallest absolute Gasteiger partial charge is 0.341 e. The van der Waals surface area contributed by atoms with Crippen LogP contribution in [0.2, 0.25) is 0 Å². The Hall–Kier alpha value is -2.88. The lowest BCUT2D eigenvalue weighted by Crippen LogP contribution is -2.43. The van der Waals surface area contributed by atoms with Crippen LogP contribution in [0.15, 0.2) is 53.9 Å². The maximum atomic E-state index is 13.4. The molecule has 0 bridgehead atoms. The average molecular weight is 476 g/mol. The normalized spacial score (nSPS) is 19.0. The molecule has 0 radical (unpaired) electrons. The fourth-order valence-electron chi connectivity index (χ4n) is 4.18. The molecular formula is C23H24F3N5OS. The van der Waals surface area contributed by atoms with Gasteiger partial charge in [0.1, 0.15) is 0 Å². The van der Waals surface area contributed by atoms with Gasteiger partial charge < -0.3 is 4.90 Å². The summed E-state index contributed by atoms with van der Waals surface area (Å²) in [6.07, 6.45) is -0.216. The zero-order valence-corrected chi connectivity index (χ0v) is 19.1. The van der Waals surface area contributed by atoms with Gasteiger partial charge in [0.05, 0.1) is 17.0 Å². The molecule has 3 heterocycles. The van der Waals surface area contributed by atoms with Crippen molar-refractivity contribution in [1.29, 1.82) is 0 Å². The molecule has 0 unspecified atom stereocenters. The predicted molar refractivity (Wildman–Crippen MR) is 120 cm³/mol. The second kappa shape index (κ2) is 9.54. The molecular weight excluding hydrogens is 451 g/mol. The number of likely N-dealkylation sites (tertiary alicyclic amines) is 1. The van der Waals surface area contributed by atoms with Crippen molar-refractivity contribution in [2.45, 2.75) is 31.6 Å². The van der Waals surface area contributed by atoms with Crippen LogP contribution < -0.4 is 0 Å². The highest BCUT2D eigenvalue weighted by Gasteiger charge is 2.31. The van der Waals surface area contributed by atoms with Gasteiger partial charge in [-0.15, -0.1) is 10.2 Å². The molecule has 10 heteroatoms. The number of rotatable bonds is 5. The van der Waals surface area contributed by atoms with Crippen molar-refractivity contribution in [3.63, 3.8) is 0 Å². The Bertz CT molecular complexity index is 1110. The maximum Gasteiger partial charge on any atom is 0.416 e. The second-order valence-corrected chi connectivity index (χ2v) is 9.41. The van der Waals surface area contributed by atoms with Crippen LogP contribution in [-0.4, -0.2) is 49.4 Å². The van der Waals surface area contributed by atoms with Gasteiger partial charge in [0, 0.05) is 31.0 Å². The number of nitrogens with zero attached hydrogens (tertiary/aromatic N) is 5. The van der Waals surface area contributed by atoms with Gasteiger partial charge in [0.15, 0.2) is 11.0 Å². The zero-order chi connectivity index (χ0) is 23.6. The molecule has 3 aromatic rings. The largest absolute Gasteiger partial charge is 0.416 e. The number of hydrogen-bond donors (Lipinski definition) is 0. The van der Waals surface area contributed by atoms with Gasteiger partial charge in [-0.05, 0) is 48.6 Å². The molecule has 1 fully saturated rings. The van der Waals surface area contributed by atoms with Crippen LogP contribution in [0.3, 0.4) is 0 Å². The first-order valence-electron chi connectivity index (χ1n) is 10.7. The fraction of sp³-hybridized carbons (Fsp3) is 0.391. The van der Waals surface area contributed by atoms with E-state index >= 15 is 0 Å². The molecule has 2 atom stereocenters. The Labute approximate surface area is 194 Å². The van der Waals surface area contributed by atoms with Gasteiger partial charge in [-0.3, -0.25) is 14.3 Å². The van der Waals surface area contributed by atoms with Gasteiger partial charge >= 0.3 is 6.18 Å².